The van der Waals surface area contributed by atoms with Crippen LogP contribution in [-0.2, 0) is 13.5 Å². The summed E-state index contributed by atoms with van der Waals surface area (Å²) >= 11 is 3.22. The smallest absolute Gasteiger partial charge is 0.221 e. The number of aromatic nitrogens is 2. The molecule has 1 unspecified atom stereocenters. The van der Waals surface area contributed by atoms with Crippen molar-refractivity contribution in [1.29, 1.82) is 0 Å². The van der Waals surface area contributed by atoms with Gasteiger partial charge < -0.3 is 10.5 Å². The first-order valence-corrected chi connectivity index (χ1v) is 7.08. The van der Waals surface area contributed by atoms with Crippen molar-refractivity contribution in [2.45, 2.75) is 26.3 Å². The van der Waals surface area contributed by atoms with Gasteiger partial charge in [0.25, 0.3) is 0 Å². The summed E-state index contributed by atoms with van der Waals surface area (Å²) in [5.41, 5.74) is 7.59. The van der Waals surface area contributed by atoms with Crippen molar-refractivity contribution in [2.24, 2.45) is 12.8 Å². The zero-order chi connectivity index (χ0) is 14.9. The molecular formula is C14H17BrFN3O. The van der Waals surface area contributed by atoms with Gasteiger partial charge in [0.2, 0.25) is 5.88 Å². The average Bonchev–Trinajstić information content (AvgIpc) is 2.58. The zero-order valence-electron chi connectivity index (χ0n) is 11.7. The topological polar surface area (TPSA) is 53.1 Å². The number of ether oxygens (including phenoxy) is 1. The van der Waals surface area contributed by atoms with Crippen LogP contribution in [0.5, 0.6) is 11.6 Å². The fraction of sp³-hybridized carbons (Fsp3) is 0.357. The summed E-state index contributed by atoms with van der Waals surface area (Å²) < 4.78 is 21.8. The lowest BCUT2D eigenvalue weighted by Gasteiger charge is -2.11. The second-order valence-corrected chi connectivity index (χ2v) is 5.77. The molecule has 0 saturated carbocycles. The minimum Gasteiger partial charge on any atom is -0.436 e. The van der Waals surface area contributed by atoms with Crippen LogP contribution in [-0.4, -0.2) is 15.8 Å². The first-order valence-electron chi connectivity index (χ1n) is 6.29. The highest BCUT2D eigenvalue weighted by Gasteiger charge is 2.18. The van der Waals surface area contributed by atoms with Crippen LogP contribution in [0.3, 0.4) is 0 Å². The molecule has 1 aromatic carbocycles. The van der Waals surface area contributed by atoms with Crippen molar-refractivity contribution < 1.29 is 9.13 Å². The number of benzene rings is 1. The lowest BCUT2D eigenvalue weighted by atomic mass is 10.1. The number of rotatable bonds is 4. The van der Waals surface area contributed by atoms with Crippen molar-refractivity contribution in [2.75, 3.05) is 0 Å². The standard InChI is InChI=1S/C14H17BrFN3O/c1-8(17)6-11-9(2)18-19(3)14(11)20-13-5-4-10(15)7-12(13)16/h4-5,7-8H,6,17H2,1-3H3. The molecule has 2 rings (SSSR count). The molecular weight excluding hydrogens is 325 g/mol. The molecule has 0 aliphatic carbocycles. The Bertz CT molecular complexity index is 625. The molecule has 1 atom stereocenters. The van der Waals surface area contributed by atoms with Gasteiger partial charge in [0.15, 0.2) is 11.6 Å². The Labute approximate surface area is 125 Å². The highest BCUT2D eigenvalue weighted by Crippen LogP contribution is 2.30. The summed E-state index contributed by atoms with van der Waals surface area (Å²) in [6, 6.07) is 4.66. The van der Waals surface area contributed by atoms with E-state index >= 15 is 0 Å². The molecule has 0 bridgehead atoms. The van der Waals surface area contributed by atoms with Crippen LogP contribution < -0.4 is 10.5 Å². The van der Waals surface area contributed by atoms with E-state index in [-0.39, 0.29) is 11.8 Å². The van der Waals surface area contributed by atoms with Gasteiger partial charge in [-0.2, -0.15) is 5.10 Å². The highest BCUT2D eigenvalue weighted by atomic mass is 79.9. The summed E-state index contributed by atoms with van der Waals surface area (Å²) in [7, 11) is 1.77. The van der Waals surface area contributed by atoms with Crippen LogP contribution in [0.1, 0.15) is 18.2 Å². The van der Waals surface area contributed by atoms with Gasteiger partial charge in [0.1, 0.15) is 0 Å². The van der Waals surface area contributed by atoms with E-state index in [1.54, 1.807) is 23.9 Å². The molecule has 2 N–H and O–H groups in total. The van der Waals surface area contributed by atoms with Gasteiger partial charge in [-0.15, -0.1) is 0 Å². The molecule has 2 aromatic rings. The Balaban J connectivity index is 2.37. The molecule has 0 fully saturated rings. The van der Waals surface area contributed by atoms with Crippen LogP contribution in [0.4, 0.5) is 4.39 Å². The minimum absolute atomic E-state index is 0.0185. The molecule has 1 aromatic heterocycles. The number of halogens is 2. The molecule has 0 radical (unpaired) electrons. The number of aryl methyl sites for hydroxylation is 2. The van der Waals surface area contributed by atoms with E-state index in [1.165, 1.54) is 6.07 Å². The number of hydrogen-bond acceptors (Lipinski definition) is 3. The van der Waals surface area contributed by atoms with Crippen molar-refractivity contribution in [3.63, 3.8) is 0 Å². The van der Waals surface area contributed by atoms with Crippen LogP contribution in [0, 0.1) is 12.7 Å². The van der Waals surface area contributed by atoms with E-state index in [1.807, 2.05) is 13.8 Å². The zero-order valence-corrected chi connectivity index (χ0v) is 13.2. The summed E-state index contributed by atoms with van der Waals surface area (Å²) in [6.45, 7) is 3.80. The van der Waals surface area contributed by atoms with Gasteiger partial charge in [0, 0.05) is 23.1 Å². The maximum atomic E-state index is 13.9. The second-order valence-electron chi connectivity index (χ2n) is 4.85. The van der Waals surface area contributed by atoms with Crippen molar-refractivity contribution in [3.8, 4) is 11.6 Å². The largest absolute Gasteiger partial charge is 0.436 e. The first-order chi connectivity index (χ1) is 9.38. The van der Waals surface area contributed by atoms with Gasteiger partial charge >= 0.3 is 0 Å². The van der Waals surface area contributed by atoms with E-state index in [4.69, 9.17) is 10.5 Å². The molecule has 0 aliphatic rings. The summed E-state index contributed by atoms with van der Waals surface area (Å²) in [5.74, 6) is 0.271. The van der Waals surface area contributed by atoms with Crippen molar-refractivity contribution in [1.82, 2.24) is 9.78 Å². The Morgan fingerprint density at radius 1 is 1.50 bits per heavy atom. The number of nitrogens with two attached hydrogens (primary N) is 1. The van der Waals surface area contributed by atoms with E-state index in [2.05, 4.69) is 21.0 Å². The Morgan fingerprint density at radius 2 is 2.20 bits per heavy atom. The minimum atomic E-state index is -0.426. The quantitative estimate of drug-likeness (QED) is 0.928. The molecule has 20 heavy (non-hydrogen) atoms. The molecule has 0 aliphatic heterocycles. The van der Waals surface area contributed by atoms with Crippen molar-refractivity contribution in [3.05, 3.63) is 39.7 Å². The predicted octanol–water partition coefficient (Wildman–Crippen LogP) is 3.31. The fourth-order valence-electron chi connectivity index (χ4n) is 2.03. The van der Waals surface area contributed by atoms with Crippen LogP contribution in [0.15, 0.2) is 22.7 Å². The van der Waals surface area contributed by atoms with Crippen LogP contribution >= 0.6 is 15.9 Å². The molecule has 1 heterocycles. The van der Waals surface area contributed by atoms with Gasteiger partial charge in [-0.25, -0.2) is 9.07 Å². The fourth-order valence-corrected chi connectivity index (χ4v) is 2.36. The van der Waals surface area contributed by atoms with Gasteiger partial charge in [-0.3, -0.25) is 0 Å². The summed E-state index contributed by atoms with van der Waals surface area (Å²) in [4.78, 5) is 0. The maximum absolute atomic E-state index is 13.9. The Hall–Kier alpha value is -1.40. The third-order valence-corrected chi connectivity index (χ3v) is 3.41. The van der Waals surface area contributed by atoms with E-state index in [0.717, 1.165) is 11.3 Å². The number of nitrogens with zero attached hydrogens (tertiary/aromatic N) is 2. The second kappa shape index (κ2) is 5.93. The van der Waals surface area contributed by atoms with Gasteiger partial charge in [-0.1, -0.05) is 15.9 Å². The van der Waals surface area contributed by atoms with Gasteiger partial charge in [0.05, 0.1) is 5.69 Å². The first kappa shape index (κ1) is 15.0. The summed E-state index contributed by atoms with van der Waals surface area (Å²) in [6.07, 6.45) is 0.632. The summed E-state index contributed by atoms with van der Waals surface area (Å²) in [5, 5.41) is 4.31. The average molecular weight is 342 g/mol. The number of hydrogen-bond donors (Lipinski definition) is 1. The van der Waals surface area contributed by atoms with Gasteiger partial charge in [-0.05, 0) is 38.5 Å². The van der Waals surface area contributed by atoms with E-state index in [9.17, 15) is 4.39 Å². The maximum Gasteiger partial charge on any atom is 0.221 e. The predicted molar refractivity (Wildman–Crippen MR) is 79.5 cm³/mol. The lowest BCUT2D eigenvalue weighted by Crippen LogP contribution is -2.18. The van der Waals surface area contributed by atoms with E-state index < -0.39 is 5.82 Å². The van der Waals surface area contributed by atoms with E-state index in [0.29, 0.717) is 16.8 Å². The SMILES string of the molecule is Cc1nn(C)c(Oc2ccc(Br)cc2F)c1CC(C)N. The van der Waals surface area contributed by atoms with Crippen molar-refractivity contribution >= 4 is 15.9 Å². The normalized spacial score (nSPS) is 12.5. The third kappa shape index (κ3) is 3.19. The molecule has 108 valence electrons. The molecule has 4 nitrogen and oxygen atoms in total. The highest BCUT2D eigenvalue weighted by molar-refractivity contribution is 9.10. The lowest BCUT2D eigenvalue weighted by molar-refractivity contribution is 0.398. The van der Waals surface area contributed by atoms with Crippen LogP contribution in [0.2, 0.25) is 0 Å². The Morgan fingerprint density at radius 3 is 2.80 bits per heavy atom. The molecule has 0 amide bonds. The molecule has 6 heteroatoms. The molecule has 0 saturated heterocycles. The Kier molecular flexibility index (Phi) is 4.45. The molecule has 0 spiro atoms. The monoisotopic (exact) mass is 341 g/mol. The van der Waals surface area contributed by atoms with Crippen LogP contribution in [0.25, 0.3) is 0 Å². The third-order valence-electron chi connectivity index (χ3n) is 2.92.